The van der Waals surface area contributed by atoms with E-state index in [2.05, 4.69) is 0 Å². The number of hydrogen-bond donors (Lipinski definition) is 0. The minimum absolute atomic E-state index is 0.325. The van der Waals surface area contributed by atoms with Crippen LogP contribution >= 0.6 is 0 Å². The minimum atomic E-state index is -2.11. The fourth-order valence-corrected chi connectivity index (χ4v) is 1.95. The highest BCUT2D eigenvalue weighted by molar-refractivity contribution is 6.39. The highest BCUT2D eigenvalue weighted by Gasteiger charge is 2.34. The summed E-state index contributed by atoms with van der Waals surface area (Å²) >= 11 is 0. The van der Waals surface area contributed by atoms with Crippen LogP contribution in [0.3, 0.4) is 0 Å². The quantitative estimate of drug-likeness (QED) is 0.333. The molecular weight excluding hydrogens is 238 g/mol. The second-order valence-corrected chi connectivity index (χ2v) is 4.58. The van der Waals surface area contributed by atoms with Gasteiger partial charge in [-0.25, -0.2) is 22.0 Å². The molecule has 0 N–H and O–H groups in total. The van der Waals surface area contributed by atoms with Crippen LogP contribution in [0.15, 0.2) is 0 Å². The van der Waals surface area contributed by atoms with E-state index in [0.717, 1.165) is 0 Å². The Bertz CT molecular complexity index is 413. The standard InChI is InChI=1S/C11H12BF5/c1-4-12-11(2,3)5-6(13)8(15)10(17)9(16)7(5)14/h12H,4H2,1-3H3. The van der Waals surface area contributed by atoms with Gasteiger partial charge in [-0.15, -0.1) is 0 Å². The summed E-state index contributed by atoms with van der Waals surface area (Å²) in [7, 11) is 0.325. The van der Waals surface area contributed by atoms with Crippen molar-refractivity contribution in [2.75, 3.05) is 0 Å². The van der Waals surface area contributed by atoms with Crippen LogP contribution in [-0.2, 0) is 5.31 Å². The molecule has 0 nitrogen and oxygen atoms in total. The van der Waals surface area contributed by atoms with Gasteiger partial charge in [0.05, 0.1) is 0 Å². The maximum Gasteiger partial charge on any atom is 0.200 e. The Morgan fingerprint density at radius 2 is 1.18 bits per heavy atom. The van der Waals surface area contributed by atoms with E-state index >= 15 is 0 Å². The van der Waals surface area contributed by atoms with Crippen molar-refractivity contribution in [2.24, 2.45) is 0 Å². The lowest BCUT2D eigenvalue weighted by molar-refractivity contribution is 0.362. The van der Waals surface area contributed by atoms with Crippen molar-refractivity contribution >= 4 is 7.28 Å². The van der Waals surface area contributed by atoms with E-state index < -0.39 is 40.0 Å². The largest absolute Gasteiger partial charge is 0.203 e. The monoisotopic (exact) mass is 250 g/mol. The van der Waals surface area contributed by atoms with Crippen molar-refractivity contribution in [3.05, 3.63) is 34.6 Å². The van der Waals surface area contributed by atoms with E-state index in [-0.39, 0.29) is 0 Å². The topological polar surface area (TPSA) is 0 Å². The fraction of sp³-hybridized carbons (Fsp3) is 0.455. The van der Waals surface area contributed by atoms with Crippen molar-refractivity contribution in [3.63, 3.8) is 0 Å². The van der Waals surface area contributed by atoms with Crippen LogP contribution in [0.2, 0.25) is 6.32 Å². The van der Waals surface area contributed by atoms with Crippen molar-refractivity contribution < 1.29 is 22.0 Å². The number of benzene rings is 1. The molecule has 0 spiro atoms. The second-order valence-electron chi connectivity index (χ2n) is 4.58. The third-order valence-electron chi connectivity index (χ3n) is 2.76. The molecule has 0 atom stereocenters. The first-order chi connectivity index (χ1) is 7.74. The lowest BCUT2D eigenvalue weighted by Crippen LogP contribution is -2.29. The van der Waals surface area contributed by atoms with Crippen LogP contribution in [0.25, 0.3) is 0 Å². The van der Waals surface area contributed by atoms with E-state index in [1.54, 1.807) is 6.92 Å². The average molecular weight is 250 g/mol. The van der Waals surface area contributed by atoms with E-state index in [4.69, 9.17) is 0 Å². The van der Waals surface area contributed by atoms with Gasteiger partial charge in [0.25, 0.3) is 0 Å². The Hall–Kier alpha value is -1.07. The predicted molar refractivity (Wildman–Crippen MR) is 56.9 cm³/mol. The Morgan fingerprint density at radius 3 is 1.53 bits per heavy atom. The maximum absolute atomic E-state index is 13.5. The Balaban J connectivity index is 3.54. The van der Waals surface area contributed by atoms with Gasteiger partial charge in [-0.05, 0) is 5.31 Å². The molecule has 0 heterocycles. The molecule has 0 saturated heterocycles. The van der Waals surface area contributed by atoms with Crippen LogP contribution in [0.1, 0.15) is 26.3 Å². The summed E-state index contributed by atoms with van der Waals surface area (Å²) < 4.78 is 65.9. The molecule has 0 aliphatic rings. The summed E-state index contributed by atoms with van der Waals surface area (Å²) in [5.74, 6) is -9.36. The Morgan fingerprint density at radius 1 is 0.824 bits per heavy atom. The molecule has 0 aliphatic carbocycles. The van der Waals surface area contributed by atoms with Gasteiger partial charge in [-0.2, -0.15) is 0 Å². The third kappa shape index (κ3) is 2.30. The highest BCUT2D eigenvalue weighted by atomic mass is 19.2. The summed E-state index contributed by atoms with van der Waals surface area (Å²) in [6.07, 6.45) is 0.576. The van der Waals surface area contributed by atoms with Gasteiger partial charge in [-0.1, -0.05) is 27.1 Å². The average Bonchev–Trinajstić information content (AvgIpc) is 2.23. The zero-order chi connectivity index (χ0) is 13.4. The van der Waals surface area contributed by atoms with E-state index in [1.165, 1.54) is 13.8 Å². The molecule has 0 bridgehead atoms. The second kappa shape index (κ2) is 4.66. The molecule has 0 unspecified atom stereocenters. The molecule has 0 aromatic heterocycles. The summed E-state index contributed by atoms with van der Waals surface area (Å²) in [5, 5.41) is -1.10. The van der Waals surface area contributed by atoms with Crippen LogP contribution in [0, 0.1) is 29.1 Å². The van der Waals surface area contributed by atoms with E-state index in [9.17, 15) is 22.0 Å². The Kier molecular flexibility index (Phi) is 3.84. The van der Waals surface area contributed by atoms with Crippen LogP contribution in [0.4, 0.5) is 22.0 Å². The molecule has 6 heteroatoms. The van der Waals surface area contributed by atoms with Crippen molar-refractivity contribution in [3.8, 4) is 0 Å². The fourth-order valence-electron chi connectivity index (χ4n) is 1.95. The lowest BCUT2D eigenvalue weighted by atomic mass is 9.50. The molecule has 94 valence electrons. The van der Waals surface area contributed by atoms with Crippen molar-refractivity contribution in [2.45, 2.75) is 32.4 Å². The van der Waals surface area contributed by atoms with Crippen molar-refractivity contribution in [1.82, 2.24) is 0 Å². The molecule has 1 rings (SSSR count). The first-order valence-corrected chi connectivity index (χ1v) is 5.26. The maximum atomic E-state index is 13.5. The van der Waals surface area contributed by atoms with E-state index in [0.29, 0.717) is 13.6 Å². The normalized spacial score (nSPS) is 11.8. The van der Waals surface area contributed by atoms with E-state index in [1.807, 2.05) is 0 Å². The van der Waals surface area contributed by atoms with Gasteiger partial charge in [0.1, 0.15) is 7.28 Å². The summed E-state index contributed by atoms with van der Waals surface area (Å²) in [4.78, 5) is 0. The van der Waals surface area contributed by atoms with Crippen LogP contribution < -0.4 is 0 Å². The SMILES string of the molecule is CCBC(C)(C)c1c(F)c(F)c(F)c(F)c1F. The van der Waals surface area contributed by atoms with Crippen LogP contribution in [-0.4, -0.2) is 7.28 Å². The molecule has 0 saturated carbocycles. The smallest absolute Gasteiger partial charge is 0.200 e. The lowest BCUT2D eigenvalue weighted by Gasteiger charge is -2.25. The van der Waals surface area contributed by atoms with Gasteiger partial charge in [0.15, 0.2) is 23.3 Å². The number of rotatable bonds is 3. The summed E-state index contributed by atoms with van der Waals surface area (Å²) in [6, 6.07) is 0. The van der Waals surface area contributed by atoms with Gasteiger partial charge < -0.3 is 0 Å². The molecule has 0 amide bonds. The molecule has 1 aromatic rings. The number of halogens is 5. The zero-order valence-electron chi connectivity index (χ0n) is 9.80. The van der Waals surface area contributed by atoms with Gasteiger partial charge in [0, 0.05) is 5.56 Å². The van der Waals surface area contributed by atoms with Gasteiger partial charge in [0.2, 0.25) is 5.82 Å². The third-order valence-corrected chi connectivity index (χ3v) is 2.76. The van der Waals surface area contributed by atoms with Crippen LogP contribution in [0.5, 0.6) is 0 Å². The molecular formula is C11H12BF5. The first kappa shape index (κ1) is 14.0. The summed E-state index contributed by atoms with van der Waals surface area (Å²) in [5.41, 5.74) is -0.740. The Labute approximate surface area is 97.1 Å². The van der Waals surface area contributed by atoms with Gasteiger partial charge >= 0.3 is 0 Å². The predicted octanol–water partition coefficient (Wildman–Crippen LogP) is 3.49. The molecule has 0 aliphatic heterocycles. The minimum Gasteiger partial charge on any atom is -0.203 e. The molecule has 0 radical (unpaired) electrons. The van der Waals surface area contributed by atoms with Crippen molar-refractivity contribution in [1.29, 1.82) is 0 Å². The number of hydrogen-bond acceptors (Lipinski definition) is 0. The molecule has 0 fully saturated rings. The molecule has 17 heavy (non-hydrogen) atoms. The highest BCUT2D eigenvalue weighted by Crippen LogP contribution is 2.32. The molecule has 1 aromatic carbocycles. The summed E-state index contributed by atoms with van der Waals surface area (Å²) in [6.45, 7) is 4.68. The first-order valence-electron chi connectivity index (χ1n) is 5.26. The van der Waals surface area contributed by atoms with Gasteiger partial charge in [-0.3, -0.25) is 0 Å². The zero-order valence-corrected chi connectivity index (χ0v) is 9.80.